The van der Waals surface area contributed by atoms with Crippen molar-refractivity contribution in [1.29, 1.82) is 0 Å². The molecule has 0 N–H and O–H groups in total. The summed E-state index contributed by atoms with van der Waals surface area (Å²) in [5.74, 6) is 0.917. The van der Waals surface area contributed by atoms with Crippen LogP contribution in [0.25, 0.3) is 6.08 Å². The molecule has 0 aliphatic rings. The molecule has 1 rings (SSSR count). The van der Waals surface area contributed by atoms with Gasteiger partial charge in [0.15, 0.2) is 0 Å². The van der Waals surface area contributed by atoms with Gasteiger partial charge >= 0.3 is 0 Å². The summed E-state index contributed by atoms with van der Waals surface area (Å²) >= 11 is 0. The lowest BCUT2D eigenvalue weighted by atomic mass is 10.2. The molecule has 0 heterocycles. The molecule has 1 heteroatoms. The largest absolute Gasteiger partial charge is 0.490 e. The van der Waals surface area contributed by atoms with E-state index in [9.17, 15) is 0 Å². The zero-order chi connectivity index (χ0) is 11.1. The van der Waals surface area contributed by atoms with E-state index >= 15 is 0 Å². The molecule has 80 valence electrons. The molecule has 0 aromatic heterocycles. The maximum atomic E-state index is 5.55. The van der Waals surface area contributed by atoms with Crippen LogP contribution < -0.4 is 4.74 Å². The summed E-state index contributed by atoms with van der Waals surface area (Å²) < 4.78 is 5.55. The van der Waals surface area contributed by atoms with Crippen LogP contribution in [-0.4, -0.2) is 6.61 Å². The van der Waals surface area contributed by atoms with Crippen LogP contribution in [-0.2, 0) is 0 Å². The van der Waals surface area contributed by atoms with E-state index in [4.69, 9.17) is 4.74 Å². The Morgan fingerprint density at radius 1 is 1.20 bits per heavy atom. The molecule has 0 saturated carbocycles. The third-order valence-corrected chi connectivity index (χ3v) is 1.98. The van der Waals surface area contributed by atoms with Crippen molar-refractivity contribution in [2.24, 2.45) is 0 Å². The molecule has 0 fully saturated rings. The molecule has 15 heavy (non-hydrogen) atoms. The number of benzene rings is 1. The molecule has 0 unspecified atom stereocenters. The van der Waals surface area contributed by atoms with E-state index in [0.29, 0.717) is 6.61 Å². The topological polar surface area (TPSA) is 9.23 Å². The van der Waals surface area contributed by atoms with Crippen molar-refractivity contribution in [2.75, 3.05) is 6.61 Å². The summed E-state index contributed by atoms with van der Waals surface area (Å²) in [7, 11) is 0. The van der Waals surface area contributed by atoms with Crippen LogP contribution in [0.5, 0.6) is 5.75 Å². The summed E-state index contributed by atoms with van der Waals surface area (Å²) in [6.07, 6.45) is 6.17. The Bertz CT molecular complexity index is 340. The Kier molecular flexibility index (Phi) is 4.69. The van der Waals surface area contributed by atoms with Gasteiger partial charge in [0.25, 0.3) is 0 Å². The highest BCUT2D eigenvalue weighted by atomic mass is 16.5. The highest BCUT2D eigenvalue weighted by Gasteiger charge is 1.91. The van der Waals surface area contributed by atoms with Gasteiger partial charge in [0, 0.05) is 0 Å². The fraction of sp³-hybridized carbons (Fsp3) is 0.286. The smallest absolute Gasteiger partial charge is 0.119 e. The first kappa shape index (κ1) is 11.6. The van der Waals surface area contributed by atoms with Gasteiger partial charge in [-0.15, -0.1) is 0 Å². The average Bonchev–Trinajstić information content (AvgIpc) is 2.20. The third-order valence-electron chi connectivity index (χ3n) is 1.98. The van der Waals surface area contributed by atoms with Crippen molar-refractivity contribution in [3.8, 4) is 5.75 Å². The number of hydrogen-bond donors (Lipinski definition) is 0. The lowest BCUT2D eigenvalue weighted by Gasteiger charge is -2.03. The van der Waals surface area contributed by atoms with Gasteiger partial charge in [0.05, 0.1) is 0 Å². The van der Waals surface area contributed by atoms with Crippen LogP contribution in [0.1, 0.15) is 26.3 Å². The van der Waals surface area contributed by atoms with E-state index in [1.165, 1.54) is 11.1 Å². The van der Waals surface area contributed by atoms with E-state index in [1.54, 1.807) is 0 Å². The zero-order valence-electron chi connectivity index (χ0n) is 9.66. The van der Waals surface area contributed by atoms with E-state index in [2.05, 4.69) is 38.1 Å². The second kappa shape index (κ2) is 6.07. The van der Waals surface area contributed by atoms with E-state index in [-0.39, 0.29) is 0 Å². The summed E-state index contributed by atoms with van der Waals surface area (Å²) in [6.45, 7) is 6.79. The first-order chi connectivity index (χ1) is 7.22. The van der Waals surface area contributed by atoms with Gasteiger partial charge in [-0.1, -0.05) is 29.9 Å². The van der Waals surface area contributed by atoms with Crippen LogP contribution in [0.3, 0.4) is 0 Å². The van der Waals surface area contributed by atoms with Crippen LogP contribution >= 0.6 is 0 Å². The Balaban J connectivity index is 2.53. The van der Waals surface area contributed by atoms with Crippen molar-refractivity contribution in [3.63, 3.8) is 0 Å². The van der Waals surface area contributed by atoms with Crippen molar-refractivity contribution in [1.82, 2.24) is 0 Å². The number of rotatable bonds is 4. The van der Waals surface area contributed by atoms with Gasteiger partial charge in [-0.25, -0.2) is 0 Å². The molecule has 0 bridgehead atoms. The minimum atomic E-state index is 0.644. The predicted molar refractivity (Wildman–Crippen MR) is 66.1 cm³/mol. The van der Waals surface area contributed by atoms with Crippen LogP contribution in [0.15, 0.2) is 42.0 Å². The molecule has 1 aromatic rings. The highest BCUT2D eigenvalue weighted by molar-refractivity contribution is 5.50. The fourth-order valence-corrected chi connectivity index (χ4v) is 1.17. The van der Waals surface area contributed by atoms with Gasteiger partial charge in [-0.3, -0.25) is 0 Å². The van der Waals surface area contributed by atoms with Crippen LogP contribution in [0.2, 0.25) is 0 Å². The maximum absolute atomic E-state index is 5.55. The molecule has 0 saturated heterocycles. The second-order valence-corrected chi connectivity index (χ2v) is 3.66. The van der Waals surface area contributed by atoms with Gasteiger partial charge in [0.2, 0.25) is 0 Å². The molecule has 1 aromatic carbocycles. The molecular weight excluding hydrogens is 184 g/mol. The van der Waals surface area contributed by atoms with Crippen molar-refractivity contribution < 1.29 is 4.74 Å². The number of ether oxygens (including phenoxy) is 1. The predicted octanol–water partition coefficient (Wildman–Crippen LogP) is 4.06. The Hall–Kier alpha value is -1.50. The Labute approximate surface area is 92.1 Å². The number of hydrogen-bond acceptors (Lipinski definition) is 1. The fourth-order valence-electron chi connectivity index (χ4n) is 1.17. The van der Waals surface area contributed by atoms with E-state index < -0.39 is 0 Å². The lowest BCUT2D eigenvalue weighted by Crippen LogP contribution is -1.93. The standard InChI is InChI=1S/C14H18O/c1-4-5-13-6-8-14(9-7-13)15-11-10-12(2)3/h4-10H,11H2,1-3H3/b5-4-. The summed E-state index contributed by atoms with van der Waals surface area (Å²) in [4.78, 5) is 0. The minimum Gasteiger partial charge on any atom is -0.490 e. The zero-order valence-corrected chi connectivity index (χ0v) is 9.66. The molecule has 0 aliphatic carbocycles. The van der Waals surface area contributed by atoms with E-state index in [0.717, 1.165) is 5.75 Å². The van der Waals surface area contributed by atoms with Gasteiger partial charge in [0.1, 0.15) is 12.4 Å². The first-order valence-corrected chi connectivity index (χ1v) is 5.21. The summed E-state index contributed by atoms with van der Waals surface area (Å²) in [5.41, 5.74) is 2.48. The van der Waals surface area contributed by atoms with E-state index in [1.807, 2.05) is 25.1 Å². The quantitative estimate of drug-likeness (QED) is 0.669. The molecule has 0 atom stereocenters. The van der Waals surface area contributed by atoms with Crippen LogP contribution in [0, 0.1) is 0 Å². The van der Waals surface area contributed by atoms with Crippen molar-refractivity contribution in [2.45, 2.75) is 20.8 Å². The van der Waals surface area contributed by atoms with Crippen LogP contribution in [0.4, 0.5) is 0 Å². The third kappa shape index (κ3) is 4.50. The first-order valence-electron chi connectivity index (χ1n) is 5.21. The van der Waals surface area contributed by atoms with Gasteiger partial charge in [-0.05, 0) is 44.5 Å². The van der Waals surface area contributed by atoms with Gasteiger partial charge < -0.3 is 4.74 Å². The molecule has 0 amide bonds. The van der Waals surface area contributed by atoms with Gasteiger partial charge in [-0.2, -0.15) is 0 Å². The average molecular weight is 202 g/mol. The molecule has 0 radical (unpaired) electrons. The molecule has 0 spiro atoms. The molecular formula is C14H18O. The number of allylic oxidation sites excluding steroid dienone is 2. The second-order valence-electron chi connectivity index (χ2n) is 3.66. The normalized spacial score (nSPS) is 10.3. The Morgan fingerprint density at radius 3 is 2.40 bits per heavy atom. The summed E-state index contributed by atoms with van der Waals surface area (Å²) in [5, 5.41) is 0. The Morgan fingerprint density at radius 2 is 1.87 bits per heavy atom. The van der Waals surface area contributed by atoms with Crippen molar-refractivity contribution >= 4 is 6.08 Å². The van der Waals surface area contributed by atoms with Crippen molar-refractivity contribution in [3.05, 3.63) is 47.6 Å². The monoisotopic (exact) mass is 202 g/mol. The molecule has 0 aliphatic heterocycles. The summed E-state index contributed by atoms with van der Waals surface area (Å²) in [6, 6.07) is 8.10. The highest BCUT2D eigenvalue weighted by Crippen LogP contribution is 2.13. The maximum Gasteiger partial charge on any atom is 0.119 e. The lowest BCUT2D eigenvalue weighted by molar-refractivity contribution is 0.362. The minimum absolute atomic E-state index is 0.644. The molecule has 1 nitrogen and oxygen atoms in total. The SMILES string of the molecule is C/C=C\c1ccc(OCC=C(C)C)cc1.